The first-order chi connectivity index (χ1) is 14.5. The van der Waals surface area contributed by atoms with Gasteiger partial charge in [-0.15, -0.1) is 0 Å². The van der Waals surface area contributed by atoms with Crippen LogP contribution in [-0.4, -0.2) is 27.7 Å². The Labute approximate surface area is 178 Å². The number of halogens is 1. The highest BCUT2D eigenvalue weighted by molar-refractivity contribution is 6.30. The van der Waals surface area contributed by atoms with Crippen LogP contribution in [0.5, 0.6) is 0 Å². The maximum absolute atomic E-state index is 13.0. The number of hydrogen-bond acceptors (Lipinski definition) is 5. The molecule has 5 rings (SSSR count). The summed E-state index contributed by atoms with van der Waals surface area (Å²) in [5.41, 5.74) is 6.36. The molecule has 4 aromatic rings. The van der Waals surface area contributed by atoms with E-state index >= 15 is 0 Å². The van der Waals surface area contributed by atoms with Crippen molar-refractivity contribution in [2.45, 2.75) is 33.2 Å². The fourth-order valence-electron chi connectivity index (χ4n) is 4.09. The zero-order chi connectivity index (χ0) is 20.8. The van der Waals surface area contributed by atoms with Gasteiger partial charge in [-0.3, -0.25) is 4.79 Å². The van der Waals surface area contributed by atoms with Crippen molar-refractivity contribution in [3.8, 4) is 11.3 Å². The lowest BCUT2D eigenvalue weighted by molar-refractivity contribution is -0.131. The van der Waals surface area contributed by atoms with E-state index < -0.39 is 0 Å². The van der Waals surface area contributed by atoms with Crippen LogP contribution in [0, 0.1) is 13.8 Å². The Balaban J connectivity index is 1.35. The van der Waals surface area contributed by atoms with Crippen LogP contribution in [0.1, 0.15) is 28.1 Å². The van der Waals surface area contributed by atoms with Crippen LogP contribution < -0.4 is 0 Å². The average molecular weight is 422 g/mol. The number of carbonyl (C=O) groups excluding carboxylic acids is 1. The molecule has 0 fully saturated rings. The second-order valence-corrected chi connectivity index (χ2v) is 8.21. The molecule has 0 aliphatic carbocycles. The lowest BCUT2D eigenvalue weighted by Gasteiger charge is -2.25. The lowest BCUT2D eigenvalue weighted by Crippen LogP contribution is -2.37. The highest BCUT2D eigenvalue weighted by Crippen LogP contribution is 2.31. The Bertz CT molecular complexity index is 1260. The molecule has 0 bridgehead atoms. The number of aryl methyl sites for hydroxylation is 2. The smallest absolute Gasteiger partial charge is 0.229 e. The fraction of sp³-hybridized carbons (Fsp3) is 0.261. The van der Waals surface area contributed by atoms with E-state index in [1.54, 1.807) is 4.90 Å². The summed E-state index contributed by atoms with van der Waals surface area (Å²) in [6.45, 7) is 5.06. The molecule has 0 saturated carbocycles. The first-order valence-electron chi connectivity index (χ1n) is 9.86. The largest absolute Gasteiger partial charge is 0.356 e. The van der Waals surface area contributed by atoms with Crippen molar-refractivity contribution < 1.29 is 13.8 Å². The minimum absolute atomic E-state index is 0.00560. The third-order valence-corrected chi connectivity index (χ3v) is 5.85. The molecule has 1 aliphatic rings. The van der Waals surface area contributed by atoms with Crippen LogP contribution in [0.25, 0.3) is 22.3 Å². The molecule has 6 nitrogen and oxygen atoms in total. The van der Waals surface area contributed by atoms with Crippen molar-refractivity contribution in [3.63, 3.8) is 0 Å². The van der Waals surface area contributed by atoms with E-state index in [2.05, 4.69) is 10.3 Å². The number of hydrogen-bond donors (Lipinski definition) is 0. The summed E-state index contributed by atoms with van der Waals surface area (Å²) in [6.07, 6.45) is 0.896. The first kappa shape index (κ1) is 18.9. The van der Waals surface area contributed by atoms with Crippen molar-refractivity contribution in [1.29, 1.82) is 0 Å². The molecule has 7 heteroatoms. The minimum Gasteiger partial charge on any atom is -0.356 e. The number of aromatic nitrogens is 2. The van der Waals surface area contributed by atoms with Crippen molar-refractivity contribution in [3.05, 3.63) is 69.5 Å². The number of carbonyl (C=O) groups is 1. The van der Waals surface area contributed by atoms with Crippen LogP contribution >= 0.6 is 11.6 Å². The maximum Gasteiger partial charge on any atom is 0.229 e. The predicted molar refractivity (Wildman–Crippen MR) is 113 cm³/mol. The maximum atomic E-state index is 13.0. The van der Waals surface area contributed by atoms with E-state index in [0.717, 1.165) is 44.7 Å². The summed E-state index contributed by atoms with van der Waals surface area (Å²) in [6, 6.07) is 11.6. The second-order valence-electron chi connectivity index (χ2n) is 7.77. The fourth-order valence-corrected chi connectivity index (χ4v) is 4.22. The monoisotopic (exact) mass is 421 g/mol. The molecule has 0 saturated heterocycles. The lowest BCUT2D eigenvalue weighted by atomic mass is 10.00. The SMILES string of the molecule is Cc1cc(C)c2onc(CC(=O)N3CCc4c(noc4-c4ccc(Cl)cc4)C3)c2c1. The number of amides is 1. The van der Waals surface area contributed by atoms with Crippen LogP contribution in [0.15, 0.2) is 45.4 Å². The molecule has 1 aliphatic heterocycles. The van der Waals surface area contributed by atoms with Gasteiger partial charge < -0.3 is 13.9 Å². The van der Waals surface area contributed by atoms with Gasteiger partial charge in [0.1, 0.15) is 11.4 Å². The number of benzene rings is 2. The first-order valence-corrected chi connectivity index (χ1v) is 10.2. The Morgan fingerprint density at radius 1 is 1.13 bits per heavy atom. The molecule has 152 valence electrons. The van der Waals surface area contributed by atoms with Gasteiger partial charge in [0.05, 0.1) is 13.0 Å². The van der Waals surface area contributed by atoms with Gasteiger partial charge in [0.15, 0.2) is 11.3 Å². The highest BCUT2D eigenvalue weighted by atomic mass is 35.5. The normalized spacial score (nSPS) is 13.6. The van der Waals surface area contributed by atoms with Crippen molar-refractivity contribution in [1.82, 2.24) is 15.2 Å². The summed E-state index contributed by atoms with van der Waals surface area (Å²) in [5, 5.41) is 9.97. The van der Waals surface area contributed by atoms with Crippen LogP contribution in [0.2, 0.25) is 5.02 Å². The molecular formula is C23H20ClN3O3. The summed E-state index contributed by atoms with van der Waals surface area (Å²) in [7, 11) is 0. The van der Waals surface area contributed by atoms with Crippen LogP contribution in [0.3, 0.4) is 0 Å². The van der Waals surface area contributed by atoms with Gasteiger partial charge >= 0.3 is 0 Å². The second kappa shape index (κ2) is 7.29. The molecule has 30 heavy (non-hydrogen) atoms. The van der Waals surface area contributed by atoms with E-state index in [9.17, 15) is 4.79 Å². The van der Waals surface area contributed by atoms with Crippen LogP contribution in [0.4, 0.5) is 0 Å². The molecule has 0 radical (unpaired) electrons. The average Bonchev–Trinajstić information content (AvgIpc) is 3.33. The molecule has 0 atom stereocenters. The van der Waals surface area contributed by atoms with E-state index in [-0.39, 0.29) is 12.3 Å². The van der Waals surface area contributed by atoms with Gasteiger partial charge in [-0.2, -0.15) is 0 Å². The third kappa shape index (κ3) is 3.27. The number of rotatable bonds is 3. The van der Waals surface area contributed by atoms with E-state index in [1.165, 1.54) is 0 Å². The van der Waals surface area contributed by atoms with Gasteiger partial charge in [0.25, 0.3) is 0 Å². The van der Waals surface area contributed by atoms with Gasteiger partial charge in [0, 0.05) is 28.1 Å². The summed E-state index contributed by atoms with van der Waals surface area (Å²) in [5.74, 6) is 0.758. The molecule has 0 spiro atoms. The van der Waals surface area contributed by atoms with E-state index in [1.807, 2.05) is 50.2 Å². The zero-order valence-corrected chi connectivity index (χ0v) is 17.5. The van der Waals surface area contributed by atoms with E-state index in [4.69, 9.17) is 20.6 Å². The number of nitrogens with zero attached hydrogens (tertiary/aromatic N) is 3. The van der Waals surface area contributed by atoms with Crippen molar-refractivity contribution >= 4 is 28.5 Å². The van der Waals surface area contributed by atoms with Gasteiger partial charge in [0.2, 0.25) is 5.91 Å². The molecule has 2 aromatic heterocycles. The topological polar surface area (TPSA) is 72.4 Å². The highest BCUT2D eigenvalue weighted by Gasteiger charge is 2.28. The molecule has 3 heterocycles. The minimum atomic E-state index is 0.00560. The molecule has 1 amide bonds. The zero-order valence-electron chi connectivity index (χ0n) is 16.7. The summed E-state index contributed by atoms with van der Waals surface area (Å²) < 4.78 is 11.1. The van der Waals surface area contributed by atoms with Gasteiger partial charge in [-0.05, 0) is 61.7 Å². The predicted octanol–water partition coefficient (Wildman–Crippen LogP) is 4.88. The van der Waals surface area contributed by atoms with Crippen molar-refractivity contribution in [2.75, 3.05) is 6.54 Å². The molecule has 2 aromatic carbocycles. The molecule has 0 unspecified atom stereocenters. The van der Waals surface area contributed by atoms with E-state index in [0.29, 0.717) is 30.2 Å². The number of fused-ring (bicyclic) bond motifs is 2. The molecular weight excluding hydrogens is 402 g/mol. The summed E-state index contributed by atoms with van der Waals surface area (Å²) >= 11 is 5.98. The third-order valence-electron chi connectivity index (χ3n) is 5.60. The van der Waals surface area contributed by atoms with Crippen LogP contribution in [-0.2, 0) is 24.2 Å². The van der Waals surface area contributed by atoms with Crippen molar-refractivity contribution in [2.24, 2.45) is 0 Å². The Morgan fingerprint density at radius 2 is 1.93 bits per heavy atom. The Kier molecular flexibility index (Phi) is 4.59. The quantitative estimate of drug-likeness (QED) is 0.471. The standard InChI is InChI=1S/C23H20ClN3O3/c1-13-9-14(2)22-18(10-13)19(25-29-22)11-21(28)27-8-7-17-20(12-27)26-30-23(17)15-3-5-16(24)6-4-15/h3-6,9-10H,7-8,11-12H2,1-2H3. The Hall–Kier alpha value is -3.12. The van der Waals surface area contributed by atoms with Gasteiger partial charge in [-0.1, -0.05) is 28.0 Å². The van der Waals surface area contributed by atoms with Gasteiger partial charge in [-0.25, -0.2) is 0 Å². The Morgan fingerprint density at radius 3 is 2.73 bits per heavy atom. The summed E-state index contributed by atoms with van der Waals surface area (Å²) in [4.78, 5) is 14.8. The molecule has 0 N–H and O–H groups in total.